The van der Waals surface area contributed by atoms with Gasteiger partial charge < -0.3 is 10.4 Å². The van der Waals surface area contributed by atoms with Crippen molar-refractivity contribution >= 4 is 23.2 Å². The number of nitrogens with one attached hydrogen (secondary N) is 1. The van der Waals surface area contributed by atoms with Gasteiger partial charge in [-0.3, -0.25) is 4.79 Å². The third-order valence-electron chi connectivity index (χ3n) is 3.04. The summed E-state index contributed by atoms with van der Waals surface area (Å²) in [6.07, 6.45) is 0. The first-order valence-corrected chi connectivity index (χ1v) is 6.97. The molecule has 1 heterocycles. The highest BCUT2D eigenvalue weighted by Crippen LogP contribution is 2.20. The number of carboxylic acid groups (broad SMARTS) is 1. The summed E-state index contributed by atoms with van der Waals surface area (Å²) in [5, 5.41) is 11.8. The van der Waals surface area contributed by atoms with Crippen molar-refractivity contribution in [1.29, 1.82) is 0 Å². The lowest BCUT2D eigenvalue weighted by molar-refractivity contribution is 0.0691. The van der Waals surface area contributed by atoms with Gasteiger partial charge in [0, 0.05) is 9.75 Å². The van der Waals surface area contributed by atoms with E-state index in [0.29, 0.717) is 6.54 Å². The molecule has 104 valence electrons. The zero-order valence-electron chi connectivity index (χ0n) is 11.3. The number of thiophene rings is 1. The summed E-state index contributed by atoms with van der Waals surface area (Å²) in [4.78, 5) is 25.4. The van der Waals surface area contributed by atoms with Crippen molar-refractivity contribution in [2.75, 3.05) is 0 Å². The van der Waals surface area contributed by atoms with Crippen LogP contribution in [0.25, 0.3) is 0 Å². The zero-order chi connectivity index (χ0) is 14.7. The minimum atomic E-state index is -1.10. The Morgan fingerprint density at radius 1 is 1.20 bits per heavy atom. The highest BCUT2D eigenvalue weighted by molar-refractivity contribution is 7.12. The number of hydrogen-bond donors (Lipinski definition) is 2. The minimum absolute atomic E-state index is 0.0172. The fourth-order valence-electron chi connectivity index (χ4n) is 1.87. The van der Waals surface area contributed by atoms with Gasteiger partial charge in [-0.1, -0.05) is 12.1 Å². The van der Waals surface area contributed by atoms with Crippen molar-refractivity contribution in [3.05, 3.63) is 56.8 Å². The molecule has 1 aromatic carbocycles. The van der Waals surface area contributed by atoms with Crippen LogP contribution in [0.4, 0.5) is 0 Å². The Bertz CT molecular complexity index is 641. The maximum Gasteiger partial charge on any atom is 0.336 e. The molecule has 0 aliphatic carbocycles. The molecule has 2 N–H and O–H groups in total. The summed E-state index contributed by atoms with van der Waals surface area (Å²) in [6.45, 7) is 4.47. The summed E-state index contributed by atoms with van der Waals surface area (Å²) in [7, 11) is 0. The van der Waals surface area contributed by atoms with E-state index >= 15 is 0 Å². The van der Waals surface area contributed by atoms with Crippen LogP contribution >= 0.6 is 11.3 Å². The number of carboxylic acids is 1. The minimum Gasteiger partial charge on any atom is -0.478 e. The maximum absolute atomic E-state index is 12.1. The van der Waals surface area contributed by atoms with Gasteiger partial charge in [0.25, 0.3) is 5.91 Å². The van der Waals surface area contributed by atoms with Gasteiger partial charge >= 0.3 is 5.97 Å². The predicted octanol–water partition coefficient (Wildman–Crippen LogP) is 2.99. The largest absolute Gasteiger partial charge is 0.478 e. The van der Waals surface area contributed by atoms with Crippen LogP contribution in [0, 0.1) is 13.8 Å². The van der Waals surface area contributed by atoms with Gasteiger partial charge in [0.1, 0.15) is 0 Å². The Balaban J connectivity index is 2.11. The molecule has 0 spiro atoms. The SMILES string of the molecule is Cc1cc(CNC(=O)c2ccccc2C(=O)O)sc1C. The predicted molar refractivity (Wildman–Crippen MR) is 78.4 cm³/mol. The van der Waals surface area contributed by atoms with Gasteiger partial charge in [-0.05, 0) is 37.6 Å². The topological polar surface area (TPSA) is 66.4 Å². The van der Waals surface area contributed by atoms with Gasteiger partial charge in [0.15, 0.2) is 0 Å². The van der Waals surface area contributed by atoms with Crippen molar-refractivity contribution in [3.8, 4) is 0 Å². The fourth-order valence-corrected chi connectivity index (χ4v) is 2.86. The van der Waals surface area contributed by atoms with E-state index in [1.54, 1.807) is 23.5 Å². The molecule has 0 fully saturated rings. The smallest absolute Gasteiger partial charge is 0.336 e. The Hall–Kier alpha value is -2.14. The number of rotatable bonds is 4. The molecule has 2 aromatic rings. The van der Waals surface area contributed by atoms with Crippen LogP contribution in [0.2, 0.25) is 0 Å². The van der Waals surface area contributed by atoms with Gasteiger partial charge in [0.2, 0.25) is 0 Å². The number of hydrogen-bond acceptors (Lipinski definition) is 3. The number of carbonyl (C=O) groups is 2. The Labute approximate surface area is 121 Å². The zero-order valence-corrected chi connectivity index (χ0v) is 12.1. The molecule has 0 atom stereocenters. The third-order valence-corrected chi connectivity index (χ3v) is 4.19. The van der Waals surface area contributed by atoms with Crippen LogP contribution in [-0.2, 0) is 6.54 Å². The van der Waals surface area contributed by atoms with E-state index in [2.05, 4.69) is 5.32 Å². The molecule has 0 unspecified atom stereocenters. The van der Waals surface area contributed by atoms with Crippen LogP contribution in [0.3, 0.4) is 0 Å². The van der Waals surface area contributed by atoms with Crippen LogP contribution < -0.4 is 5.32 Å². The molecule has 0 saturated heterocycles. The maximum atomic E-state index is 12.1. The van der Waals surface area contributed by atoms with Crippen molar-refractivity contribution in [2.24, 2.45) is 0 Å². The first-order chi connectivity index (χ1) is 9.49. The average molecular weight is 289 g/mol. The molecule has 0 aliphatic heterocycles. The van der Waals surface area contributed by atoms with E-state index in [9.17, 15) is 9.59 Å². The average Bonchev–Trinajstić information content (AvgIpc) is 2.75. The van der Waals surface area contributed by atoms with E-state index in [0.717, 1.165) is 4.88 Å². The molecular weight excluding hydrogens is 274 g/mol. The molecule has 4 nitrogen and oxygen atoms in total. The lowest BCUT2D eigenvalue weighted by atomic mass is 10.1. The molecule has 0 saturated carbocycles. The molecule has 2 rings (SSSR count). The van der Waals surface area contributed by atoms with E-state index < -0.39 is 5.97 Å². The monoisotopic (exact) mass is 289 g/mol. The number of carbonyl (C=O) groups excluding carboxylic acids is 1. The fraction of sp³-hybridized carbons (Fsp3) is 0.200. The van der Waals surface area contributed by atoms with Crippen LogP contribution in [0.5, 0.6) is 0 Å². The number of aromatic carboxylic acids is 1. The van der Waals surface area contributed by atoms with Gasteiger partial charge in [0.05, 0.1) is 17.7 Å². The second kappa shape index (κ2) is 5.88. The summed E-state index contributed by atoms with van der Waals surface area (Å²) in [5.74, 6) is -1.47. The van der Waals surface area contributed by atoms with Crippen molar-refractivity contribution in [2.45, 2.75) is 20.4 Å². The normalized spacial score (nSPS) is 10.3. The second-order valence-electron chi connectivity index (χ2n) is 4.49. The first kappa shape index (κ1) is 14.3. The third kappa shape index (κ3) is 3.05. The Kier molecular flexibility index (Phi) is 4.20. The standard InChI is InChI=1S/C15H15NO3S/c1-9-7-11(20-10(9)2)8-16-14(17)12-5-3-4-6-13(12)15(18)19/h3-7H,8H2,1-2H3,(H,16,17)(H,18,19). The van der Waals surface area contributed by atoms with Gasteiger partial charge in [-0.25, -0.2) is 4.79 Å². The lowest BCUT2D eigenvalue weighted by Gasteiger charge is -2.06. The summed E-state index contributed by atoms with van der Waals surface area (Å²) in [5.41, 5.74) is 1.40. The number of amides is 1. The summed E-state index contributed by atoms with van der Waals surface area (Å²) < 4.78 is 0. The van der Waals surface area contributed by atoms with E-state index in [-0.39, 0.29) is 17.0 Å². The van der Waals surface area contributed by atoms with E-state index in [1.807, 2.05) is 19.9 Å². The second-order valence-corrected chi connectivity index (χ2v) is 5.83. The van der Waals surface area contributed by atoms with E-state index in [1.165, 1.54) is 22.6 Å². The molecular formula is C15H15NO3S. The van der Waals surface area contributed by atoms with Crippen molar-refractivity contribution in [3.63, 3.8) is 0 Å². The molecule has 0 bridgehead atoms. The molecule has 0 radical (unpaired) electrons. The molecule has 0 aliphatic rings. The summed E-state index contributed by atoms with van der Waals surface area (Å²) >= 11 is 1.63. The highest BCUT2D eigenvalue weighted by atomic mass is 32.1. The Morgan fingerprint density at radius 2 is 1.85 bits per heavy atom. The van der Waals surface area contributed by atoms with Crippen LogP contribution in [-0.4, -0.2) is 17.0 Å². The first-order valence-electron chi connectivity index (χ1n) is 6.15. The quantitative estimate of drug-likeness (QED) is 0.909. The highest BCUT2D eigenvalue weighted by Gasteiger charge is 2.15. The van der Waals surface area contributed by atoms with E-state index in [4.69, 9.17) is 5.11 Å². The van der Waals surface area contributed by atoms with Gasteiger partial charge in [-0.2, -0.15) is 0 Å². The Morgan fingerprint density at radius 3 is 2.40 bits per heavy atom. The number of benzene rings is 1. The van der Waals surface area contributed by atoms with Crippen LogP contribution in [0.1, 0.15) is 36.0 Å². The molecule has 20 heavy (non-hydrogen) atoms. The molecule has 5 heteroatoms. The van der Waals surface area contributed by atoms with Crippen molar-refractivity contribution < 1.29 is 14.7 Å². The van der Waals surface area contributed by atoms with Crippen molar-refractivity contribution in [1.82, 2.24) is 5.32 Å². The molecule has 1 aromatic heterocycles. The van der Waals surface area contributed by atoms with Crippen LogP contribution in [0.15, 0.2) is 30.3 Å². The molecule has 1 amide bonds. The number of aryl methyl sites for hydroxylation is 2. The lowest BCUT2D eigenvalue weighted by Crippen LogP contribution is -2.24. The summed E-state index contributed by atoms with van der Waals surface area (Å²) in [6, 6.07) is 8.23. The van der Waals surface area contributed by atoms with Gasteiger partial charge in [-0.15, -0.1) is 11.3 Å².